The molecule has 2 heterocycles. The molecule has 10 nitrogen and oxygen atoms in total. The second-order valence-electron chi connectivity index (χ2n) is 6.13. The van der Waals surface area contributed by atoms with Crippen LogP contribution in [0.25, 0.3) is 5.82 Å². The van der Waals surface area contributed by atoms with Gasteiger partial charge < -0.3 is 5.73 Å². The summed E-state index contributed by atoms with van der Waals surface area (Å²) in [5, 5.41) is 19.8. The van der Waals surface area contributed by atoms with Gasteiger partial charge in [-0.15, -0.1) is 16.9 Å². The predicted molar refractivity (Wildman–Crippen MR) is 116 cm³/mol. The minimum absolute atomic E-state index is 0.0294. The van der Waals surface area contributed by atoms with E-state index < -0.39 is 5.91 Å². The molecule has 0 aliphatic heterocycles. The molecule has 0 aliphatic rings. The molecular formula is C19H15ClN8O2S. The fourth-order valence-electron chi connectivity index (χ4n) is 2.59. The van der Waals surface area contributed by atoms with E-state index in [0.29, 0.717) is 16.5 Å². The number of nitrogens with one attached hydrogen (secondary N) is 1. The van der Waals surface area contributed by atoms with Crippen LogP contribution in [-0.2, 0) is 5.75 Å². The number of halogens is 1. The minimum atomic E-state index is -0.539. The zero-order valence-corrected chi connectivity index (χ0v) is 17.4. The normalized spacial score (nSPS) is 11.1. The highest BCUT2D eigenvalue weighted by atomic mass is 35.5. The van der Waals surface area contributed by atoms with Crippen LogP contribution in [0.1, 0.15) is 21.7 Å². The molecule has 4 rings (SSSR count). The summed E-state index contributed by atoms with van der Waals surface area (Å²) in [5.41, 5.74) is 9.52. The second-order valence-corrected chi connectivity index (χ2v) is 7.61. The predicted octanol–water partition coefficient (Wildman–Crippen LogP) is 2.94. The number of thioether (sulfide) groups is 1. The number of nitrogens with zero attached hydrogens (tertiary/aromatic N) is 6. The molecule has 0 atom stereocenters. The van der Waals surface area contributed by atoms with Gasteiger partial charge in [-0.1, -0.05) is 47.1 Å². The standard InChI is InChI=1S/C19H15ClN8O2S/c20-13-6-4-5-12(9-13)10-22-24-19(29)16-15(11-31-14-7-2-1-3-8-14)28(27-23-16)18-17(21)25-30-26-18/h1-10H,11H2,(H2,21,25)(H,24,29). The number of nitrogen functional groups attached to an aromatic ring is 1. The van der Waals surface area contributed by atoms with Crippen LogP contribution >= 0.6 is 23.4 Å². The monoisotopic (exact) mass is 454 g/mol. The summed E-state index contributed by atoms with van der Waals surface area (Å²) in [5.74, 6) is 0.00650. The summed E-state index contributed by atoms with van der Waals surface area (Å²) < 4.78 is 5.99. The van der Waals surface area contributed by atoms with Gasteiger partial charge in [0.15, 0.2) is 5.69 Å². The maximum atomic E-state index is 12.7. The smallest absolute Gasteiger partial charge is 0.293 e. The Morgan fingerprint density at radius 2 is 2.06 bits per heavy atom. The summed E-state index contributed by atoms with van der Waals surface area (Å²) in [4.78, 5) is 13.7. The molecule has 3 N–H and O–H groups in total. The SMILES string of the molecule is Nc1nonc1-n1nnc(C(=O)NN=Cc2cccc(Cl)c2)c1CSc1ccccc1. The summed E-state index contributed by atoms with van der Waals surface area (Å²) in [6, 6.07) is 16.7. The number of anilines is 1. The number of rotatable bonds is 7. The molecule has 12 heteroatoms. The van der Waals surface area contributed by atoms with E-state index in [9.17, 15) is 4.79 Å². The van der Waals surface area contributed by atoms with Gasteiger partial charge in [0.05, 0.1) is 11.9 Å². The molecular weight excluding hydrogens is 440 g/mol. The summed E-state index contributed by atoms with van der Waals surface area (Å²) in [7, 11) is 0. The van der Waals surface area contributed by atoms with Crippen LogP contribution in [0, 0.1) is 0 Å². The first-order valence-corrected chi connectivity index (χ1v) is 10.3. The average molecular weight is 455 g/mol. The van der Waals surface area contributed by atoms with Crippen LogP contribution in [0.5, 0.6) is 0 Å². The number of aromatic nitrogens is 5. The van der Waals surface area contributed by atoms with Crippen molar-refractivity contribution in [2.45, 2.75) is 10.6 Å². The third-order valence-corrected chi connectivity index (χ3v) is 5.28. The number of carbonyl (C=O) groups is 1. The lowest BCUT2D eigenvalue weighted by Crippen LogP contribution is -2.20. The van der Waals surface area contributed by atoms with Gasteiger partial charge in [0.1, 0.15) is 0 Å². The Morgan fingerprint density at radius 1 is 1.23 bits per heavy atom. The lowest BCUT2D eigenvalue weighted by atomic mass is 10.2. The first-order valence-electron chi connectivity index (χ1n) is 8.91. The zero-order chi connectivity index (χ0) is 21.6. The Balaban J connectivity index is 1.58. The van der Waals surface area contributed by atoms with Crippen LogP contribution in [0.15, 0.2) is 69.2 Å². The molecule has 0 radical (unpaired) electrons. The van der Waals surface area contributed by atoms with Gasteiger partial charge >= 0.3 is 0 Å². The summed E-state index contributed by atoms with van der Waals surface area (Å²) in [6.07, 6.45) is 1.48. The number of hydrazone groups is 1. The zero-order valence-electron chi connectivity index (χ0n) is 15.8. The Kier molecular flexibility index (Phi) is 6.24. The Morgan fingerprint density at radius 3 is 2.81 bits per heavy atom. The van der Waals surface area contributed by atoms with Gasteiger partial charge in [-0.2, -0.15) is 9.78 Å². The highest BCUT2D eigenvalue weighted by Crippen LogP contribution is 2.25. The fraction of sp³-hybridized carbons (Fsp3) is 0.0526. The Hall–Kier alpha value is -3.70. The molecule has 2 aromatic carbocycles. The molecule has 0 spiro atoms. The Labute approximate surface area is 185 Å². The van der Waals surface area contributed by atoms with Crippen LogP contribution in [0.3, 0.4) is 0 Å². The van der Waals surface area contributed by atoms with E-state index in [1.807, 2.05) is 30.3 Å². The van der Waals surface area contributed by atoms with E-state index in [0.717, 1.165) is 10.5 Å². The third-order valence-electron chi connectivity index (χ3n) is 4.02. The number of amides is 1. The van der Waals surface area contributed by atoms with Crippen molar-refractivity contribution in [1.82, 2.24) is 30.7 Å². The van der Waals surface area contributed by atoms with Crippen molar-refractivity contribution < 1.29 is 9.42 Å². The molecule has 0 fully saturated rings. The van der Waals surface area contributed by atoms with Gasteiger partial charge in [-0.05, 0) is 40.1 Å². The molecule has 0 saturated carbocycles. The first-order chi connectivity index (χ1) is 15.1. The molecule has 4 aromatic rings. The van der Waals surface area contributed by atoms with Crippen molar-refractivity contribution in [3.63, 3.8) is 0 Å². The Bertz CT molecular complexity index is 1220. The number of hydrogen-bond acceptors (Lipinski definition) is 9. The van der Waals surface area contributed by atoms with Crippen LogP contribution < -0.4 is 11.2 Å². The summed E-state index contributed by atoms with van der Waals surface area (Å²) >= 11 is 7.45. The highest BCUT2D eigenvalue weighted by Gasteiger charge is 2.24. The van der Waals surface area contributed by atoms with Gasteiger partial charge in [0.2, 0.25) is 11.6 Å². The molecule has 0 bridgehead atoms. The van der Waals surface area contributed by atoms with E-state index in [2.05, 4.69) is 35.8 Å². The third kappa shape index (κ3) is 4.90. The maximum absolute atomic E-state index is 12.7. The van der Waals surface area contributed by atoms with Crippen LogP contribution in [0.2, 0.25) is 5.02 Å². The van der Waals surface area contributed by atoms with E-state index >= 15 is 0 Å². The average Bonchev–Trinajstić information content (AvgIpc) is 3.38. The van der Waals surface area contributed by atoms with Gasteiger partial charge in [0, 0.05) is 15.7 Å². The molecule has 2 aromatic heterocycles. The van der Waals surface area contributed by atoms with Gasteiger partial charge in [0.25, 0.3) is 5.91 Å². The fourth-order valence-corrected chi connectivity index (χ4v) is 3.70. The molecule has 31 heavy (non-hydrogen) atoms. The number of nitrogens with two attached hydrogens (primary N) is 1. The van der Waals surface area contributed by atoms with Crippen molar-refractivity contribution in [3.05, 3.63) is 76.6 Å². The summed E-state index contributed by atoms with van der Waals surface area (Å²) in [6.45, 7) is 0. The van der Waals surface area contributed by atoms with Crippen molar-refractivity contribution in [2.75, 3.05) is 5.73 Å². The molecule has 0 aliphatic carbocycles. The molecule has 0 saturated heterocycles. The van der Waals surface area contributed by atoms with Crippen LogP contribution in [-0.4, -0.2) is 37.4 Å². The van der Waals surface area contributed by atoms with Gasteiger partial charge in [-0.25, -0.2) is 10.1 Å². The number of carbonyl (C=O) groups excluding carboxylic acids is 1. The largest absolute Gasteiger partial charge is 0.378 e. The lowest BCUT2D eigenvalue weighted by molar-refractivity contribution is 0.0949. The number of benzene rings is 2. The highest BCUT2D eigenvalue weighted by molar-refractivity contribution is 7.98. The van der Waals surface area contributed by atoms with Crippen molar-refractivity contribution in [3.8, 4) is 5.82 Å². The van der Waals surface area contributed by atoms with E-state index in [4.69, 9.17) is 17.3 Å². The van der Waals surface area contributed by atoms with Crippen molar-refractivity contribution >= 4 is 41.3 Å². The molecule has 1 amide bonds. The van der Waals surface area contributed by atoms with E-state index in [-0.39, 0.29) is 17.3 Å². The minimum Gasteiger partial charge on any atom is -0.378 e. The van der Waals surface area contributed by atoms with Crippen molar-refractivity contribution in [2.24, 2.45) is 5.10 Å². The van der Waals surface area contributed by atoms with Gasteiger partial charge in [-0.3, -0.25) is 4.79 Å². The number of hydrogen-bond donors (Lipinski definition) is 2. The quantitative estimate of drug-likeness (QED) is 0.247. The maximum Gasteiger partial charge on any atom is 0.293 e. The molecule has 0 unspecified atom stereocenters. The van der Waals surface area contributed by atoms with Crippen LogP contribution in [0.4, 0.5) is 5.82 Å². The van der Waals surface area contributed by atoms with E-state index in [1.165, 1.54) is 22.7 Å². The molecule has 156 valence electrons. The topological polar surface area (TPSA) is 137 Å². The van der Waals surface area contributed by atoms with E-state index in [1.54, 1.807) is 24.3 Å². The van der Waals surface area contributed by atoms with Crippen molar-refractivity contribution in [1.29, 1.82) is 0 Å². The first kappa shape index (κ1) is 20.6. The lowest BCUT2D eigenvalue weighted by Gasteiger charge is -2.05. The second kappa shape index (κ2) is 9.41.